The van der Waals surface area contributed by atoms with Gasteiger partial charge in [-0.15, -0.1) is 0 Å². The molecule has 0 aliphatic rings. The summed E-state index contributed by atoms with van der Waals surface area (Å²) in [5.74, 6) is 2.01. The molecule has 0 radical (unpaired) electrons. The van der Waals surface area contributed by atoms with E-state index in [4.69, 9.17) is 0 Å². The highest BCUT2D eigenvalue weighted by molar-refractivity contribution is 5.56. The lowest BCUT2D eigenvalue weighted by molar-refractivity contribution is 0.843. The molecular weight excluding hydrogens is 354 g/mol. The van der Waals surface area contributed by atoms with Crippen LogP contribution in [0.25, 0.3) is 17.2 Å². The van der Waals surface area contributed by atoms with Crippen molar-refractivity contribution in [3.05, 3.63) is 82.3 Å². The Kier molecular flexibility index (Phi) is 4.67. The van der Waals surface area contributed by atoms with Crippen molar-refractivity contribution in [2.24, 2.45) is 0 Å². The molecule has 2 N–H and O–H groups in total. The minimum Gasteiger partial charge on any atom is -0.366 e. The number of anilines is 1. The van der Waals surface area contributed by atoms with E-state index in [1.54, 1.807) is 30.2 Å². The maximum atomic E-state index is 11.9. The Morgan fingerprint density at radius 1 is 1.14 bits per heavy atom. The summed E-state index contributed by atoms with van der Waals surface area (Å²) in [5, 5.41) is 7.48. The van der Waals surface area contributed by atoms with Crippen molar-refractivity contribution in [1.29, 1.82) is 0 Å². The summed E-state index contributed by atoms with van der Waals surface area (Å²) in [6, 6.07) is 9.51. The summed E-state index contributed by atoms with van der Waals surface area (Å²) in [6.45, 7) is 4.18. The van der Waals surface area contributed by atoms with Crippen LogP contribution < -0.4 is 10.9 Å². The van der Waals surface area contributed by atoms with Crippen molar-refractivity contribution >= 4 is 5.82 Å². The molecule has 140 valence electrons. The van der Waals surface area contributed by atoms with Gasteiger partial charge in [-0.25, -0.2) is 19.6 Å². The number of hydrogen-bond acceptors (Lipinski definition) is 6. The molecule has 0 amide bonds. The van der Waals surface area contributed by atoms with Crippen LogP contribution in [0, 0.1) is 13.8 Å². The standard InChI is InChI=1S/C20H19N7O/c1-13-14(2)25-19(26-20(13)28)16-4-5-17(23-12-16)22-11-15-6-8-21-18(10-15)27-9-3-7-24-27/h3-10,12H,11H2,1-2H3,(H,22,23)(H,25,26,28). The fourth-order valence-corrected chi connectivity index (χ4v) is 2.71. The van der Waals surface area contributed by atoms with E-state index in [9.17, 15) is 4.79 Å². The fourth-order valence-electron chi connectivity index (χ4n) is 2.71. The SMILES string of the molecule is Cc1nc(-c2ccc(NCc3ccnc(-n4cccn4)c3)nc2)[nH]c(=O)c1C. The lowest BCUT2D eigenvalue weighted by atomic mass is 10.2. The predicted octanol–water partition coefficient (Wildman–Crippen LogP) is 2.64. The summed E-state index contributed by atoms with van der Waals surface area (Å²) in [7, 11) is 0. The van der Waals surface area contributed by atoms with Crippen LogP contribution in [0.4, 0.5) is 5.82 Å². The fraction of sp³-hybridized carbons (Fsp3) is 0.150. The molecule has 28 heavy (non-hydrogen) atoms. The molecule has 0 saturated heterocycles. The van der Waals surface area contributed by atoms with E-state index in [0.717, 1.165) is 22.8 Å². The maximum Gasteiger partial charge on any atom is 0.254 e. The molecule has 8 nitrogen and oxygen atoms in total. The first kappa shape index (κ1) is 17.6. The number of aromatic nitrogens is 6. The number of hydrogen-bond donors (Lipinski definition) is 2. The summed E-state index contributed by atoms with van der Waals surface area (Å²) in [5.41, 5.74) is 3.03. The van der Waals surface area contributed by atoms with E-state index in [-0.39, 0.29) is 5.56 Å². The van der Waals surface area contributed by atoms with Crippen molar-refractivity contribution in [2.75, 3.05) is 5.32 Å². The Morgan fingerprint density at radius 2 is 2.04 bits per heavy atom. The van der Waals surface area contributed by atoms with E-state index < -0.39 is 0 Å². The number of aromatic amines is 1. The Labute approximate surface area is 161 Å². The molecule has 0 atom stereocenters. The first-order valence-corrected chi connectivity index (χ1v) is 8.83. The first-order valence-electron chi connectivity index (χ1n) is 8.83. The van der Waals surface area contributed by atoms with Gasteiger partial charge < -0.3 is 10.3 Å². The Bertz CT molecular complexity index is 1150. The molecule has 0 saturated carbocycles. The zero-order valence-electron chi connectivity index (χ0n) is 15.5. The molecule has 4 rings (SSSR count). The third kappa shape index (κ3) is 3.66. The quantitative estimate of drug-likeness (QED) is 0.558. The molecule has 0 aromatic carbocycles. The Balaban J connectivity index is 1.47. The highest BCUT2D eigenvalue weighted by Gasteiger charge is 2.07. The van der Waals surface area contributed by atoms with Gasteiger partial charge in [-0.1, -0.05) is 0 Å². The van der Waals surface area contributed by atoms with Crippen molar-refractivity contribution < 1.29 is 0 Å². The number of pyridine rings is 2. The van der Waals surface area contributed by atoms with Crippen LogP contribution in [0.15, 0.2) is 59.9 Å². The number of nitrogens with one attached hydrogen (secondary N) is 2. The highest BCUT2D eigenvalue weighted by Crippen LogP contribution is 2.16. The van der Waals surface area contributed by atoms with Crippen LogP contribution in [-0.4, -0.2) is 29.7 Å². The number of rotatable bonds is 5. The van der Waals surface area contributed by atoms with E-state index >= 15 is 0 Å². The van der Waals surface area contributed by atoms with Gasteiger partial charge in [-0.2, -0.15) is 5.10 Å². The minimum atomic E-state index is -0.129. The average molecular weight is 373 g/mol. The molecule has 8 heteroatoms. The van der Waals surface area contributed by atoms with E-state index in [2.05, 4.69) is 30.4 Å². The van der Waals surface area contributed by atoms with Gasteiger partial charge in [-0.3, -0.25) is 4.79 Å². The van der Waals surface area contributed by atoms with Crippen molar-refractivity contribution in [3.63, 3.8) is 0 Å². The van der Waals surface area contributed by atoms with Gasteiger partial charge in [0.2, 0.25) is 0 Å². The largest absolute Gasteiger partial charge is 0.366 e. The molecule has 0 aliphatic heterocycles. The molecule has 0 aliphatic carbocycles. The van der Waals surface area contributed by atoms with Crippen LogP contribution in [0.1, 0.15) is 16.8 Å². The second-order valence-corrected chi connectivity index (χ2v) is 6.38. The zero-order valence-corrected chi connectivity index (χ0v) is 15.5. The van der Waals surface area contributed by atoms with Crippen LogP contribution >= 0.6 is 0 Å². The summed E-state index contributed by atoms with van der Waals surface area (Å²) >= 11 is 0. The second kappa shape index (κ2) is 7.43. The third-order valence-electron chi connectivity index (χ3n) is 4.45. The summed E-state index contributed by atoms with van der Waals surface area (Å²) < 4.78 is 1.72. The third-order valence-corrected chi connectivity index (χ3v) is 4.45. The molecule has 0 unspecified atom stereocenters. The van der Waals surface area contributed by atoms with Crippen molar-refractivity contribution in [1.82, 2.24) is 29.7 Å². The van der Waals surface area contributed by atoms with Gasteiger partial charge >= 0.3 is 0 Å². The lowest BCUT2D eigenvalue weighted by Crippen LogP contribution is -2.14. The topological polar surface area (TPSA) is 101 Å². The van der Waals surface area contributed by atoms with Crippen LogP contribution in [0.5, 0.6) is 0 Å². The van der Waals surface area contributed by atoms with Gasteiger partial charge in [0, 0.05) is 48.2 Å². The zero-order chi connectivity index (χ0) is 19.5. The molecular formula is C20H19N7O. The van der Waals surface area contributed by atoms with Crippen LogP contribution in [-0.2, 0) is 6.54 Å². The van der Waals surface area contributed by atoms with Crippen LogP contribution in [0.3, 0.4) is 0 Å². The van der Waals surface area contributed by atoms with Gasteiger partial charge in [0.1, 0.15) is 11.6 Å². The maximum absolute atomic E-state index is 11.9. The van der Waals surface area contributed by atoms with Gasteiger partial charge in [0.25, 0.3) is 5.56 Å². The number of nitrogens with zero attached hydrogens (tertiary/aromatic N) is 5. The van der Waals surface area contributed by atoms with Gasteiger partial charge in [0.15, 0.2) is 5.82 Å². The van der Waals surface area contributed by atoms with E-state index in [1.807, 2.05) is 43.5 Å². The smallest absolute Gasteiger partial charge is 0.254 e. The molecule has 4 aromatic heterocycles. The first-order chi connectivity index (χ1) is 13.6. The second-order valence-electron chi connectivity index (χ2n) is 6.38. The molecule has 4 heterocycles. The molecule has 4 aromatic rings. The molecule has 0 bridgehead atoms. The van der Waals surface area contributed by atoms with Crippen molar-refractivity contribution in [3.8, 4) is 17.2 Å². The van der Waals surface area contributed by atoms with Gasteiger partial charge in [0.05, 0.1) is 0 Å². The Hall–Kier alpha value is -3.81. The average Bonchev–Trinajstić information content (AvgIpc) is 3.26. The lowest BCUT2D eigenvalue weighted by Gasteiger charge is -2.08. The molecule has 0 spiro atoms. The Morgan fingerprint density at radius 3 is 2.75 bits per heavy atom. The van der Waals surface area contributed by atoms with E-state index in [0.29, 0.717) is 23.6 Å². The van der Waals surface area contributed by atoms with Gasteiger partial charge in [-0.05, 0) is 49.7 Å². The predicted molar refractivity (Wildman–Crippen MR) is 106 cm³/mol. The summed E-state index contributed by atoms with van der Waals surface area (Å²) in [4.78, 5) is 27.9. The van der Waals surface area contributed by atoms with E-state index in [1.165, 1.54) is 0 Å². The van der Waals surface area contributed by atoms with Crippen molar-refractivity contribution in [2.45, 2.75) is 20.4 Å². The number of H-pyrrole nitrogens is 1. The minimum absolute atomic E-state index is 0.129. The normalized spacial score (nSPS) is 10.8. The monoisotopic (exact) mass is 373 g/mol. The number of aryl methyl sites for hydroxylation is 1. The highest BCUT2D eigenvalue weighted by atomic mass is 16.1. The summed E-state index contributed by atoms with van der Waals surface area (Å²) in [6.07, 6.45) is 7.02. The van der Waals surface area contributed by atoms with Crippen LogP contribution in [0.2, 0.25) is 0 Å². The molecule has 0 fully saturated rings.